The summed E-state index contributed by atoms with van der Waals surface area (Å²) in [5, 5.41) is 0. The smallest absolute Gasteiger partial charge is 0.431 e. The van der Waals surface area contributed by atoms with Gasteiger partial charge in [0.2, 0.25) is 0 Å². The van der Waals surface area contributed by atoms with Crippen LogP contribution in [0.2, 0.25) is 0 Å². The summed E-state index contributed by atoms with van der Waals surface area (Å²) in [6.45, 7) is 3.34. The van der Waals surface area contributed by atoms with E-state index in [0.717, 1.165) is 19.6 Å². The highest BCUT2D eigenvalue weighted by molar-refractivity contribution is 5.60. The molecule has 1 aromatic rings. The van der Waals surface area contributed by atoms with Crippen LogP contribution >= 0.6 is 0 Å². The van der Waals surface area contributed by atoms with E-state index in [-0.39, 0.29) is 0 Å². The lowest BCUT2D eigenvalue weighted by Gasteiger charge is -2.25. The van der Waals surface area contributed by atoms with E-state index in [1.807, 2.05) is 0 Å². The highest BCUT2D eigenvalue weighted by atomic mass is 16.8. The van der Waals surface area contributed by atoms with Crippen molar-refractivity contribution in [3.05, 3.63) is 18.7 Å². The lowest BCUT2D eigenvalue weighted by atomic mass is 10.1. The fourth-order valence-electron chi connectivity index (χ4n) is 1.85. The lowest BCUT2D eigenvalue weighted by molar-refractivity contribution is 0.0399. The second-order valence-corrected chi connectivity index (χ2v) is 4.01. The van der Waals surface area contributed by atoms with Gasteiger partial charge >= 0.3 is 6.16 Å². The number of carbonyl (C=O) groups excluding carboxylic acids is 1. The van der Waals surface area contributed by atoms with Crippen LogP contribution in [-0.2, 0) is 4.74 Å². The molecule has 94 valence electrons. The molecular formula is C11H17N3O3. The Morgan fingerprint density at radius 3 is 2.82 bits per heavy atom. The van der Waals surface area contributed by atoms with Gasteiger partial charge in [0.25, 0.3) is 0 Å². The van der Waals surface area contributed by atoms with Gasteiger partial charge in [-0.1, -0.05) is 6.42 Å². The molecule has 0 saturated carbocycles. The van der Waals surface area contributed by atoms with Crippen LogP contribution in [0.5, 0.6) is 0 Å². The molecular weight excluding hydrogens is 222 g/mol. The van der Waals surface area contributed by atoms with Gasteiger partial charge in [-0.2, -0.15) is 4.73 Å². The Hall–Kier alpha value is -1.56. The van der Waals surface area contributed by atoms with Crippen LogP contribution in [0.25, 0.3) is 0 Å². The molecule has 0 spiro atoms. The van der Waals surface area contributed by atoms with Crippen molar-refractivity contribution < 1.29 is 14.4 Å². The molecule has 0 aliphatic carbocycles. The third-order valence-corrected chi connectivity index (χ3v) is 2.74. The number of imidazole rings is 1. The zero-order chi connectivity index (χ0) is 11.9. The summed E-state index contributed by atoms with van der Waals surface area (Å²) in [5.74, 6) is 0. The topological polar surface area (TPSA) is 56.6 Å². The van der Waals surface area contributed by atoms with Gasteiger partial charge in [-0.3, -0.25) is 4.90 Å². The second kappa shape index (κ2) is 6.24. The van der Waals surface area contributed by atoms with Gasteiger partial charge < -0.3 is 9.57 Å². The van der Waals surface area contributed by atoms with Crippen LogP contribution in [0.3, 0.4) is 0 Å². The number of nitrogens with zero attached hydrogens (tertiary/aromatic N) is 3. The molecule has 17 heavy (non-hydrogen) atoms. The number of carbonyl (C=O) groups is 1. The van der Waals surface area contributed by atoms with Crippen LogP contribution in [0, 0.1) is 0 Å². The first kappa shape index (κ1) is 11.9. The van der Waals surface area contributed by atoms with Crippen LogP contribution in [0.1, 0.15) is 19.3 Å². The predicted octanol–water partition coefficient (Wildman–Crippen LogP) is 0.934. The number of ether oxygens (including phenoxy) is 1. The van der Waals surface area contributed by atoms with E-state index in [1.54, 1.807) is 0 Å². The van der Waals surface area contributed by atoms with Crippen molar-refractivity contribution in [3.63, 3.8) is 0 Å². The largest absolute Gasteiger partial charge is 0.533 e. The van der Waals surface area contributed by atoms with Gasteiger partial charge in [0.1, 0.15) is 12.9 Å². The summed E-state index contributed by atoms with van der Waals surface area (Å²) in [4.78, 5) is 22.1. The van der Waals surface area contributed by atoms with Crippen molar-refractivity contribution in [2.75, 3.05) is 26.2 Å². The zero-order valence-electron chi connectivity index (χ0n) is 9.75. The van der Waals surface area contributed by atoms with Gasteiger partial charge in [0.15, 0.2) is 0 Å². The van der Waals surface area contributed by atoms with Crippen LogP contribution in [0.4, 0.5) is 4.79 Å². The number of likely N-dealkylation sites (tertiary alicyclic amines) is 1. The molecule has 0 unspecified atom stereocenters. The molecule has 0 N–H and O–H groups in total. The first-order valence-corrected chi connectivity index (χ1v) is 5.90. The molecule has 1 aliphatic heterocycles. The lowest BCUT2D eigenvalue weighted by Crippen LogP contribution is -2.33. The normalized spacial score (nSPS) is 16.7. The minimum Gasteiger partial charge on any atom is -0.431 e. The highest BCUT2D eigenvalue weighted by Crippen LogP contribution is 2.07. The van der Waals surface area contributed by atoms with Crippen molar-refractivity contribution in [1.29, 1.82) is 0 Å². The Balaban J connectivity index is 1.59. The maximum Gasteiger partial charge on any atom is 0.533 e. The van der Waals surface area contributed by atoms with Crippen LogP contribution in [-0.4, -0.2) is 47.0 Å². The van der Waals surface area contributed by atoms with Crippen molar-refractivity contribution in [1.82, 2.24) is 14.6 Å². The van der Waals surface area contributed by atoms with E-state index in [9.17, 15) is 4.79 Å². The standard InChI is InChI=1S/C11H17N3O3/c15-11(17-14-7-4-12-10-14)16-9-8-13-5-2-1-3-6-13/h4,7,10H,1-3,5-6,8-9H2. The summed E-state index contributed by atoms with van der Waals surface area (Å²) in [5.41, 5.74) is 0. The molecule has 0 amide bonds. The van der Waals surface area contributed by atoms with Gasteiger partial charge in [0.05, 0.1) is 6.20 Å². The first-order valence-electron chi connectivity index (χ1n) is 5.90. The molecule has 6 nitrogen and oxygen atoms in total. The summed E-state index contributed by atoms with van der Waals surface area (Å²) < 4.78 is 6.18. The Bertz CT molecular complexity index is 334. The van der Waals surface area contributed by atoms with E-state index in [0.29, 0.717) is 6.61 Å². The third kappa shape index (κ3) is 4.07. The van der Waals surface area contributed by atoms with Crippen LogP contribution in [0.15, 0.2) is 18.7 Å². The van der Waals surface area contributed by atoms with E-state index in [1.165, 1.54) is 42.7 Å². The molecule has 1 aromatic heterocycles. The molecule has 0 atom stereocenters. The van der Waals surface area contributed by atoms with Gasteiger partial charge in [-0.05, 0) is 25.9 Å². The van der Waals surface area contributed by atoms with Crippen molar-refractivity contribution in [2.24, 2.45) is 0 Å². The molecule has 2 heterocycles. The van der Waals surface area contributed by atoms with Crippen LogP contribution < -0.4 is 4.84 Å². The summed E-state index contributed by atoms with van der Waals surface area (Å²) in [7, 11) is 0. The van der Waals surface area contributed by atoms with E-state index in [2.05, 4.69) is 9.88 Å². The molecule has 2 rings (SSSR count). The SMILES string of the molecule is O=C(OCCN1CCCCC1)On1ccnc1. The Morgan fingerprint density at radius 1 is 1.29 bits per heavy atom. The quantitative estimate of drug-likeness (QED) is 0.732. The van der Waals surface area contributed by atoms with Gasteiger partial charge in [-0.15, -0.1) is 0 Å². The van der Waals surface area contributed by atoms with Crippen molar-refractivity contribution in [3.8, 4) is 0 Å². The zero-order valence-corrected chi connectivity index (χ0v) is 9.75. The Labute approximate surface area is 100 Å². The third-order valence-electron chi connectivity index (χ3n) is 2.74. The van der Waals surface area contributed by atoms with E-state index < -0.39 is 6.16 Å². The fraction of sp³-hybridized carbons (Fsp3) is 0.636. The van der Waals surface area contributed by atoms with E-state index in [4.69, 9.17) is 9.57 Å². The maximum absolute atomic E-state index is 11.2. The fourth-order valence-corrected chi connectivity index (χ4v) is 1.85. The summed E-state index contributed by atoms with van der Waals surface area (Å²) in [6.07, 6.45) is 7.54. The molecule has 6 heteroatoms. The first-order chi connectivity index (χ1) is 8.34. The monoisotopic (exact) mass is 239 g/mol. The van der Waals surface area contributed by atoms with Crippen molar-refractivity contribution in [2.45, 2.75) is 19.3 Å². The minimum absolute atomic E-state index is 0.369. The Morgan fingerprint density at radius 2 is 2.12 bits per heavy atom. The maximum atomic E-state index is 11.2. The average molecular weight is 239 g/mol. The predicted molar refractivity (Wildman–Crippen MR) is 60.4 cm³/mol. The number of piperidine rings is 1. The average Bonchev–Trinajstić information content (AvgIpc) is 2.83. The highest BCUT2D eigenvalue weighted by Gasteiger charge is 2.11. The molecule has 1 aliphatic rings. The summed E-state index contributed by atoms with van der Waals surface area (Å²) >= 11 is 0. The molecule has 1 fully saturated rings. The Kier molecular flexibility index (Phi) is 4.37. The molecule has 0 bridgehead atoms. The second-order valence-electron chi connectivity index (χ2n) is 4.01. The number of hydrogen-bond donors (Lipinski definition) is 0. The van der Waals surface area contributed by atoms with Crippen molar-refractivity contribution >= 4 is 6.16 Å². The molecule has 1 saturated heterocycles. The molecule has 0 radical (unpaired) electrons. The minimum atomic E-state index is -0.694. The van der Waals surface area contributed by atoms with Gasteiger partial charge in [0, 0.05) is 12.7 Å². The van der Waals surface area contributed by atoms with Gasteiger partial charge in [-0.25, -0.2) is 9.78 Å². The number of rotatable bonds is 4. The summed E-state index contributed by atoms with van der Waals surface area (Å²) in [6, 6.07) is 0. The number of hydrogen-bond acceptors (Lipinski definition) is 5. The number of aromatic nitrogens is 2. The van der Waals surface area contributed by atoms with E-state index >= 15 is 0 Å². The molecule has 0 aromatic carbocycles.